The van der Waals surface area contributed by atoms with E-state index in [1.165, 1.54) is 0 Å². The highest BCUT2D eigenvalue weighted by atomic mass is 16.2. The zero-order valence-corrected chi connectivity index (χ0v) is 9.08. The monoisotopic (exact) mass is 213 g/mol. The van der Waals surface area contributed by atoms with Gasteiger partial charge in [-0.05, 0) is 18.8 Å². The Morgan fingerprint density at radius 2 is 2.07 bits per heavy atom. The van der Waals surface area contributed by atoms with E-state index in [1.807, 2.05) is 0 Å². The first kappa shape index (κ1) is 12.0. The standard InChI is InChI=1S/C10H19N3O2/c1-12-9(14)4-5-13-10(15)6-8(11)7-2-3-7/h7-8H,2-6,11H2,1H3,(H,12,14)(H,13,15). The van der Waals surface area contributed by atoms with E-state index in [2.05, 4.69) is 10.6 Å². The lowest BCUT2D eigenvalue weighted by Crippen LogP contribution is -2.34. The van der Waals surface area contributed by atoms with Crippen molar-refractivity contribution in [3.63, 3.8) is 0 Å². The third-order valence-electron chi connectivity index (χ3n) is 2.60. The van der Waals surface area contributed by atoms with Crippen LogP contribution in [-0.2, 0) is 9.59 Å². The van der Waals surface area contributed by atoms with Crippen LogP contribution in [0.15, 0.2) is 0 Å². The van der Waals surface area contributed by atoms with Crippen LogP contribution in [0.3, 0.4) is 0 Å². The first-order valence-electron chi connectivity index (χ1n) is 5.36. The van der Waals surface area contributed by atoms with E-state index in [4.69, 9.17) is 5.73 Å². The minimum absolute atomic E-state index is 0.00926. The molecule has 0 aliphatic heterocycles. The Morgan fingerprint density at radius 1 is 1.40 bits per heavy atom. The molecule has 0 bridgehead atoms. The lowest BCUT2D eigenvalue weighted by Gasteiger charge is -2.09. The summed E-state index contributed by atoms with van der Waals surface area (Å²) in [6.45, 7) is 0.385. The molecular formula is C10H19N3O2. The summed E-state index contributed by atoms with van der Waals surface area (Å²) in [5.74, 6) is 0.412. The summed E-state index contributed by atoms with van der Waals surface area (Å²) in [6, 6.07) is -0.00926. The molecule has 4 N–H and O–H groups in total. The molecule has 0 aromatic carbocycles. The third kappa shape index (κ3) is 4.78. The van der Waals surface area contributed by atoms with Crippen molar-refractivity contribution in [3.8, 4) is 0 Å². The third-order valence-corrected chi connectivity index (χ3v) is 2.60. The van der Waals surface area contributed by atoms with Crippen molar-refractivity contribution in [2.45, 2.75) is 31.7 Å². The minimum atomic E-state index is -0.0678. The maximum Gasteiger partial charge on any atom is 0.221 e. The van der Waals surface area contributed by atoms with Gasteiger partial charge in [0.2, 0.25) is 11.8 Å². The highest BCUT2D eigenvalue weighted by molar-refractivity contribution is 5.79. The number of rotatable bonds is 6. The van der Waals surface area contributed by atoms with E-state index in [9.17, 15) is 9.59 Å². The van der Waals surface area contributed by atoms with Gasteiger partial charge in [0.1, 0.15) is 0 Å². The highest BCUT2D eigenvalue weighted by Crippen LogP contribution is 2.32. The Morgan fingerprint density at radius 3 is 2.60 bits per heavy atom. The fourth-order valence-corrected chi connectivity index (χ4v) is 1.42. The van der Waals surface area contributed by atoms with Crippen LogP contribution in [0.2, 0.25) is 0 Å². The summed E-state index contributed by atoms with van der Waals surface area (Å²) in [5, 5.41) is 5.17. The van der Waals surface area contributed by atoms with E-state index < -0.39 is 0 Å². The van der Waals surface area contributed by atoms with E-state index >= 15 is 0 Å². The number of hydrogen-bond acceptors (Lipinski definition) is 3. The molecule has 0 radical (unpaired) electrons. The van der Waals surface area contributed by atoms with Gasteiger partial charge in [-0.15, -0.1) is 0 Å². The molecule has 1 fully saturated rings. The Hall–Kier alpha value is -1.10. The second kappa shape index (κ2) is 5.70. The van der Waals surface area contributed by atoms with Gasteiger partial charge in [-0.25, -0.2) is 0 Å². The van der Waals surface area contributed by atoms with Gasteiger partial charge in [-0.2, -0.15) is 0 Å². The molecule has 1 aliphatic carbocycles. The summed E-state index contributed by atoms with van der Waals surface area (Å²) in [7, 11) is 1.58. The van der Waals surface area contributed by atoms with E-state index in [0.717, 1.165) is 12.8 Å². The van der Waals surface area contributed by atoms with E-state index in [0.29, 0.717) is 25.3 Å². The average Bonchev–Trinajstić information content (AvgIpc) is 3.00. The topological polar surface area (TPSA) is 84.2 Å². The number of hydrogen-bond donors (Lipinski definition) is 3. The predicted molar refractivity (Wildman–Crippen MR) is 57.0 cm³/mol. The molecule has 0 aromatic rings. The Bertz CT molecular complexity index is 239. The Kier molecular flexibility index (Phi) is 4.55. The molecule has 0 spiro atoms. The van der Waals surface area contributed by atoms with Crippen LogP contribution in [0.4, 0.5) is 0 Å². The van der Waals surface area contributed by atoms with Crippen molar-refractivity contribution in [2.75, 3.05) is 13.6 Å². The number of amides is 2. The van der Waals surface area contributed by atoms with Gasteiger partial charge in [0.05, 0.1) is 0 Å². The number of nitrogens with one attached hydrogen (secondary N) is 2. The summed E-state index contributed by atoms with van der Waals surface area (Å²) >= 11 is 0. The number of nitrogens with two attached hydrogens (primary N) is 1. The molecule has 5 nitrogen and oxygen atoms in total. The Labute approximate surface area is 89.8 Å². The van der Waals surface area contributed by atoms with Gasteiger partial charge in [0.25, 0.3) is 0 Å². The second-order valence-corrected chi connectivity index (χ2v) is 3.98. The molecule has 2 amide bonds. The molecule has 0 heterocycles. The predicted octanol–water partition coefficient (Wildman–Crippen LogP) is -0.634. The molecule has 1 atom stereocenters. The summed E-state index contributed by atoms with van der Waals surface area (Å²) < 4.78 is 0. The van der Waals surface area contributed by atoms with Gasteiger partial charge in [-0.1, -0.05) is 0 Å². The second-order valence-electron chi connectivity index (χ2n) is 3.98. The normalized spacial score (nSPS) is 16.9. The van der Waals surface area contributed by atoms with Crippen molar-refractivity contribution in [3.05, 3.63) is 0 Å². The number of carbonyl (C=O) groups is 2. The molecule has 0 saturated heterocycles. The summed E-state index contributed by atoms with van der Waals surface area (Å²) in [6.07, 6.45) is 2.98. The van der Waals surface area contributed by atoms with Crippen LogP contribution >= 0.6 is 0 Å². The first-order valence-corrected chi connectivity index (χ1v) is 5.36. The fraction of sp³-hybridized carbons (Fsp3) is 0.800. The first-order chi connectivity index (χ1) is 7.13. The fourth-order valence-electron chi connectivity index (χ4n) is 1.42. The average molecular weight is 213 g/mol. The maximum absolute atomic E-state index is 11.3. The molecule has 5 heteroatoms. The van der Waals surface area contributed by atoms with E-state index in [-0.39, 0.29) is 17.9 Å². The molecule has 0 aromatic heterocycles. The molecule has 1 unspecified atom stereocenters. The van der Waals surface area contributed by atoms with Crippen molar-refractivity contribution < 1.29 is 9.59 Å². The SMILES string of the molecule is CNC(=O)CCNC(=O)CC(N)C1CC1. The van der Waals surface area contributed by atoms with Crippen LogP contribution < -0.4 is 16.4 Å². The van der Waals surface area contributed by atoms with Gasteiger partial charge in [-0.3, -0.25) is 9.59 Å². The van der Waals surface area contributed by atoms with Crippen LogP contribution in [-0.4, -0.2) is 31.4 Å². The summed E-state index contributed by atoms with van der Waals surface area (Å²) in [5.41, 5.74) is 5.80. The molecule has 15 heavy (non-hydrogen) atoms. The lowest BCUT2D eigenvalue weighted by atomic mass is 10.1. The van der Waals surface area contributed by atoms with Gasteiger partial charge in [0, 0.05) is 32.5 Å². The van der Waals surface area contributed by atoms with Crippen molar-refractivity contribution in [1.29, 1.82) is 0 Å². The van der Waals surface area contributed by atoms with Crippen LogP contribution in [0.25, 0.3) is 0 Å². The van der Waals surface area contributed by atoms with Crippen LogP contribution in [0.5, 0.6) is 0 Å². The molecule has 1 aliphatic rings. The molecule has 86 valence electrons. The van der Waals surface area contributed by atoms with Gasteiger partial charge >= 0.3 is 0 Å². The zero-order valence-electron chi connectivity index (χ0n) is 9.08. The Balaban J connectivity index is 2.05. The smallest absolute Gasteiger partial charge is 0.221 e. The van der Waals surface area contributed by atoms with Crippen molar-refractivity contribution in [2.24, 2.45) is 11.7 Å². The van der Waals surface area contributed by atoms with Crippen LogP contribution in [0, 0.1) is 5.92 Å². The zero-order chi connectivity index (χ0) is 11.3. The van der Waals surface area contributed by atoms with Crippen molar-refractivity contribution in [1.82, 2.24) is 10.6 Å². The molecular weight excluding hydrogens is 194 g/mol. The van der Waals surface area contributed by atoms with Crippen LogP contribution in [0.1, 0.15) is 25.7 Å². The highest BCUT2D eigenvalue weighted by Gasteiger charge is 2.29. The quantitative estimate of drug-likeness (QED) is 0.549. The molecule has 1 rings (SSSR count). The van der Waals surface area contributed by atoms with Gasteiger partial charge < -0.3 is 16.4 Å². The minimum Gasteiger partial charge on any atom is -0.359 e. The lowest BCUT2D eigenvalue weighted by molar-refractivity contribution is -0.122. The van der Waals surface area contributed by atoms with Crippen molar-refractivity contribution >= 4 is 11.8 Å². The maximum atomic E-state index is 11.3. The van der Waals surface area contributed by atoms with Gasteiger partial charge in [0.15, 0.2) is 0 Å². The van der Waals surface area contributed by atoms with E-state index in [1.54, 1.807) is 7.05 Å². The summed E-state index contributed by atoms with van der Waals surface area (Å²) in [4.78, 5) is 22.2. The molecule has 1 saturated carbocycles. The number of carbonyl (C=O) groups excluding carboxylic acids is 2. The largest absolute Gasteiger partial charge is 0.359 e.